The molecule has 1 amide bonds. The van der Waals surface area contributed by atoms with Gasteiger partial charge >= 0.3 is 0 Å². The molecule has 1 heterocycles. The smallest absolute Gasteiger partial charge is 0.260 e. The molecule has 0 bridgehead atoms. The number of aliphatic hydroxyl groups is 1. The molecule has 0 radical (unpaired) electrons. The van der Waals surface area contributed by atoms with Gasteiger partial charge in [0.25, 0.3) is 5.91 Å². The molecule has 0 aromatic heterocycles. The molecule has 1 fully saturated rings. The van der Waals surface area contributed by atoms with Crippen molar-refractivity contribution in [3.8, 4) is 17.2 Å². The summed E-state index contributed by atoms with van der Waals surface area (Å²) in [5, 5.41) is 10.4. The van der Waals surface area contributed by atoms with E-state index >= 15 is 0 Å². The van der Waals surface area contributed by atoms with E-state index in [1.807, 2.05) is 67.4 Å². The van der Waals surface area contributed by atoms with Crippen LogP contribution in [0.3, 0.4) is 0 Å². The predicted octanol–water partition coefficient (Wildman–Crippen LogP) is 2.19. The molecule has 1 aliphatic rings. The summed E-state index contributed by atoms with van der Waals surface area (Å²) in [5.41, 5.74) is 1.08. The van der Waals surface area contributed by atoms with Crippen molar-refractivity contribution in [1.82, 2.24) is 9.80 Å². The Balaban J connectivity index is 1.39. The first-order valence-electron chi connectivity index (χ1n) is 11.3. The molecular formula is C25H34N2O6. The Morgan fingerprint density at radius 2 is 1.73 bits per heavy atom. The summed E-state index contributed by atoms with van der Waals surface area (Å²) in [6.07, 6.45) is -0.640. The van der Waals surface area contributed by atoms with Crippen molar-refractivity contribution in [3.63, 3.8) is 0 Å². The first-order chi connectivity index (χ1) is 16.0. The highest BCUT2D eigenvalue weighted by atomic mass is 16.5. The van der Waals surface area contributed by atoms with Gasteiger partial charge in [0.05, 0.1) is 19.8 Å². The van der Waals surface area contributed by atoms with Gasteiger partial charge in [0, 0.05) is 26.2 Å². The molecule has 0 aliphatic carbocycles. The number of ether oxygens (including phenoxy) is 4. The Hall–Kier alpha value is -2.81. The van der Waals surface area contributed by atoms with E-state index in [1.165, 1.54) is 0 Å². The largest absolute Gasteiger partial charge is 0.490 e. The minimum atomic E-state index is -0.640. The summed E-state index contributed by atoms with van der Waals surface area (Å²) >= 11 is 0. The fourth-order valence-electron chi connectivity index (χ4n) is 3.56. The second-order valence-electron chi connectivity index (χ2n) is 7.97. The number of amides is 1. The molecule has 1 atom stereocenters. The third-order valence-corrected chi connectivity index (χ3v) is 5.20. The number of rotatable bonds is 12. The van der Waals surface area contributed by atoms with Gasteiger partial charge in [-0.1, -0.05) is 24.3 Å². The lowest BCUT2D eigenvalue weighted by atomic mass is 10.2. The van der Waals surface area contributed by atoms with Crippen LogP contribution in [0.2, 0.25) is 0 Å². The molecule has 0 spiro atoms. The number of hydrogen-bond donors (Lipinski definition) is 1. The van der Waals surface area contributed by atoms with Crippen LogP contribution in [0.1, 0.15) is 12.5 Å². The van der Waals surface area contributed by atoms with Crippen LogP contribution in [-0.2, 0) is 16.1 Å². The zero-order chi connectivity index (χ0) is 23.5. The third kappa shape index (κ3) is 8.24. The topological polar surface area (TPSA) is 80.7 Å². The van der Waals surface area contributed by atoms with Crippen molar-refractivity contribution in [2.24, 2.45) is 0 Å². The molecule has 1 saturated heterocycles. The summed E-state index contributed by atoms with van der Waals surface area (Å²) in [4.78, 5) is 16.0. The number of carbonyl (C=O) groups is 1. The van der Waals surface area contributed by atoms with E-state index in [1.54, 1.807) is 4.90 Å². The number of para-hydroxylation sites is 2. The van der Waals surface area contributed by atoms with Gasteiger partial charge < -0.3 is 29.0 Å². The SMILES string of the molecule is CCOc1ccccc1OC[C@H](O)CN(C)Cc1ccc(OCC(=O)N2CCOCC2)cc1. The molecule has 180 valence electrons. The van der Waals surface area contributed by atoms with Crippen molar-refractivity contribution in [2.75, 3.05) is 59.7 Å². The first kappa shape index (κ1) is 24.8. The van der Waals surface area contributed by atoms with Crippen molar-refractivity contribution >= 4 is 5.91 Å². The van der Waals surface area contributed by atoms with Crippen molar-refractivity contribution in [1.29, 1.82) is 0 Å². The fourth-order valence-corrected chi connectivity index (χ4v) is 3.56. The molecule has 33 heavy (non-hydrogen) atoms. The highest BCUT2D eigenvalue weighted by Gasteiger charge is 2.17. The second-order valence-corrected chi connectivity index (χ2v) is 7.97. The normalized spacial score (nSPS) is 14.7. The average molecular weight is 459 g/mol. The monoisotopic (exact) mass is 458 g/mol. The molecule has 0 saturated carbocycles. The molecule has 0 unspecified atom stereocenters. The Bertz CT molecular complexity index is 854. The van der Waals surface area contributed by atoms with E-state index < -0.39 is 6.10 Å². The van der Waals surface area contributed by atoms with Crippen LogP contribution in [0.5, 0.6) is 17.2 Å². The summed E-state index contributed by atoms with van der Waals surface area (Å²) in [5.74, 6) is 1.94. The van der Waals surface area contributed by atoms with Crippen LogP contribution >= 0.6 is 0 Å². The lowest BCUT2D eigenvalue weighted by molar-refractivity contribution is -0.137. The van der Waals surface area contributed by atoms with Crippen molar-refractivity contribution < 1.29 is 28.8 Å². The zero-order valence-corrected chi connectivity index (χ0v) is 19.4. The molecule has 1 aliphatic heterocycles. The lowest BCUT2D eigenvalue weighted by Crippen LogP contribution is -2.42. The van der Waals surface area contributed by atoms with Gasteiger partial charge in [0.15, 0.2) is 18.1 Å². The standard InChI is InChI=1S/C25H34N2O6/c1-3-31-23-6-4-5-7-24(23)33-18-21(28)17-26(2)16-20-8-10-22(11-9-20)32-19-25(29)27-12-14-30-15-13-27/h4-11,21,28H,3,12-19H2,1-2H3/t21-/m1/s1. The first-order valence-corrected chi connectivity index (χ1v) is 11.3. The van der Waals surface area contributed by atoms with Crippen LogP contribution in [0.25, 0.3) is 0 Å². The maximum atomic E-state index is 12.2. The van der Waals surface area contributed by atoms with Crippen LogP contribution in [0.4, 0.5) is 0 Å². The highest BCUT2D eigenvalue weighted by molar-refractivity contribution is 5.77. The van der Waals surface area contributed by atoms with Gasteiger partial charge in [0.1, 0.15) is 18.5 Å². The Morgan fingerprint density at radius 3 is 2.39 bits per heavy atom. The van der Waals surface area contributed by atoms with Crippen molar-refractivity contribution in [2.45, 2.75) is 19.6 Å². The summed E-state index contributed by atoms with van der Waals surface area (Å²) in [6, 6.07) is 15.1. The van der Waals surface area contributed by atoms with Crippen LogP contribution < -0.4 is 14.2 Å². The third-order valence-electron chi connectivity index (χ3n) is 5.20. The number of carbonyl (C=O) groups excluding carboxylic acids is 1. The number of nitrogens with zero attached hydrogens (tertiary/aromatic N) is 2. The molecule has 8 heteroatoms. The van der Waals surface area contributed by atoms with Crippen LogP contribution in [0, 0.1) is 0 Å². The van der Waals surface area contributed by atoms with E-state index in [4.69, 9.17) is 18.9 Å². The molecule has 3 rings (SSSR count). The zero-order valence-electron chi connectivity index (χ0n) is 19.4. The fraction of sp³-hybridized carbons (Fsp3) is 0.480. The predicted molar refractivity (Wildman–Crippen MR) is 125 cm³/mol. The number of morpholine rings is 1. The van der Waals surface area contributed by atoms with Gasteiger partial charge in [0.2, 0.25) is 0 Å². The molecule has 1 N–H and O–H groups in total. The molecular weight excluding hydrogens is 424 g/mol. The maximum Gasteiger partial charge on any atom is 0.260 e. The van der Waals surface area contributed by atoms with Gasteiger partial charge in [-0.15, -0.1) is 0 Å². The van der Waals surface area contributed by atoms with Gasteiger partial charge in [-0.25, -0.2) is 0 Å². The molecule has 2 aromatic carbocycles. The van der Waals surface area contributed by atoms with E-state index in [0.29, 0.717) is 63.2 Å². The lowest BCUT2D eigenvalue weighted by Gasteiger charge is -2.26. The maximum absolute atomic E-state index is 12.2. The molecule has 2 aromatic rings. The van der Waals surface area contributed by atoms with Crippen molar-refractivity contribution in [3.05, 3.63) is 54.1 Å². The van der Waals surface area contributed by atoms with Gasteiger partial charge in [-0.05, 0) is 43.8 Å². The van der Waals surface area contributed by atoms with Crippen LogP contribution in [0.15, 0.2) is 48.5 Å². The van der Waals surface area contributed by atoms with Crippen LogP contribution in [-0.4, -0.2) is 86.6 Å². The van der Waals surface area contributed by atoms with E-state index in [9.17, 15) is 9.90 Å². The minimum absolute atomic E-state index is 0.0257. The summed E-state index contributed by atoms with van der Waals surface area (Å²) in [6.45, 7) is 6.19. The van der Waals surface area contributed by atoms with E-state index in [-0.39, 0.29) is 19.1 Å². The van der Waals surface area contributed by atoms with Gasteiger partial charge in [-0.2, -0.15) is 0 Å². The molecule has 8 nitrogen and oxygen atoms in total. The summed E-state index contributed by atoms with van der Waals surface area (Å²) in [7, 11) is 1.95. The quantitative estimate of drug-likeness (QED) is 0.522. The summed E-state index contributed by atoms with van der Waals surface area (Å²) < 4.78 is 22.2. The Labute approximate surface area is 195 Å². The van der Waals surface area contributed by atoms with E-state index in [0.717, 1.165) is 5.56 Å². The van der Waals surface area contributed by atoms with E-state index in [2.05, 4.69) is 0 Å². The number of hydrogen-bond acceptors (Lipinski definition) is 7. The second kappa shape index (κ2) is 13.0. The Morgan fingerprint density at radius 1 is 1.06 bits per heavy atom. The number of aliphatic hydroxyl groups excluding tert-OH is 1. The average Bonchev–Trinajstić information content (AvgIpc) is 2.83. The number of likely N-dealkylation sites (N-methyl/N-ethyl adjacent to an activating group) is 1. The van der Waals surface area contributed by atoms with Gasteiger partial charge in [-0.3, -0.25) is 9.69 Å². The number of benzene rings is 2. The Kier molecular flexibility index (Phi) is 9.80. The minimum Gasteiger partial charge on any atom is -0.490 e. The highest BCUT2D eigenvalue weighted by Crippen LogP contribution is 2.26.